The van der Waals surface area contributed by atoms with Gasteiger partial charge in [-0.25, -0.2) is 14.8 Å². The molecule has 0 aliphatic carbocycles. The molecule has 5 aromatic rings. The number of fused-ring (bicyclic) bond motifs is 2. The number of ether oxygens (including phenoxy) is 1. The highest BCUT2D eigenvalue weighted by Crippen LogP contribution is 2.41. The van der Waals surface area contributed by atoms with Crippen LogP contribution in [0.15, 0.2) is 57.4 Å². The van der Waals surface area contributed by atoms with Crippen molar-refractivity contribution in [1.29, 1.82) is 0 Å². The van der Waals surface area contributed by atoms with Crippen molar-refractivity contribution in [3.63, 3.8) is 0 Å². The third kappa shape index (κ3) is 3.84. The lowest BCUT2D eigenvalue weighted by molar-refractivity contribution is 0.211. The summed E-state index contributed by atoms with van der Waals surface area (Å²) in [6.07, 6.45) is -0.0619. The molecular weight excluding hydrogens is 496 g/mol. The van der Waals surface area contributed by atoms with Crippen LogP contribution in [-0.4, -0.2) is 20.6 Å². The third-order valence-electron chi connectivity index (χ3n) is 5.79. The molecule has 2 N–H and O–H groups in total. The van der Waals surface area contributed by atoms with E-state index < -0.39 is 6.09 Å². The van der Waals surface area contributed by atoms with Crippen LogP contribution in [0.3, 0.4) is 0 Å². The van der Waals surface area contributed by atoms with E-state index in [1.807, 2.05) is 31.2 Å². The largest absolute Gasteiger partial charge is 0.455 e. The van der Waals surface area contributed by atoms with E-state index in [4.69, 9.17) is 24.9 Å². The molecule has 3 heterocycles. The molecule has 0 bridgehead atoms. The highest BCUT2D eigenvalue weighted by Gasteiger charge is 2.19. The lowest BCUT2D eigenvalue weighted by Gasteiger charge is -2.09. The van der Waals surface area contributed by atoms with Crippen molar-refractivity contribution in [2.24, 2.45) is 5.73 Å². The van der Waals surface area contributed by atoms with Gasteiger partial charge in [-0.2, -0.15) is 0 Å². The minimum absolute atomic E-state index is 0.337. The molecule has 0 fully saturated rings. The number of carbonyl (C=O) groups is 1. The van der Waals surface area contributed by atoms with Crippen LogP contribution in [0.25, 0.3) is 33.5 Å². The Bertz CT molecular complexity index is 1570. The number of nitrogens with two attached hydrogens (primary N) is 1. The van der Waals surface area contributed by atoms with Crippen LogP contribution in [0.4, 0.5) is 4.79 Å². The molecule has 0 aliphatic rings. The van der Waals surface area contributed by atoms with Crippen LogP contribution in [0.5, 0.6) is 5.75 Å². The predicted octanol–water partition coefficient (Wildman–Crippen LogP) is 6.29. The highest BCUT2D eigenvalue weighted by molar-refractivity contribution is 9.10. The molecule has 0 spiro atoms. The topological polar surface area (TPSA) is 96.2 Å². The third-order valence-corrected chi connectivity index (χ3v) is 6.58. The molecule has 0 saturated heterocycles. The Morgan fingerprint density at radius 1 is 1.15 bits per heavy atom. The fourth-order valence-electron chi connectivity index (χ4n) is 4.30. The van der Waals surface area contributed by atoms with Gasteiger partial charge in [0.2, 0.25) is 0 Å². The van der Waals surface area contributed by atoms with Gasteiger partial charge in [0.25, 0.3) is 0 Å². The summed E-state index contributed by atoms with van der Waals surface area (Å²) >= 11 is 3.69. The Morgan fingerprint density at radius 3 is 2.71 bits per heavy atom. The molecule has 3 aromatic heterocycles. The Kier molecular flexibility index (Phi) is 5.61. The number of aryl methyl sites for hydroxylation is 3. The Labute approximate surface area is 204 Å². The number of halogens is 1. The molecule has 2 aromatic carbocycles. The zero-order valence-corrected chi connectivity index (χ0v) is 20.6. The van der Waals surface area contributed by atoms with Gasteiger partial charge < -0.3 is 19.5 Å². The number of rotatable bonds is 5. The van der Waals surface area contributed by atoms with Gasteiger partial charge in [-0.15, -0.1) is 0 Å². The number of hydrogen-bond donors (Lipinski definition) is 1. The first kappa shape index (κ1) is 22.2. The van der Waals surface area contributed by atoms with Gasteiger partial charge in [0.05, 0.1) is 16.6 Å². The first-order valence-corrected chi connectivity index (χ1v) is 11.8. The number of para-hydroxylation sites is 1. The van der Waals surface area contributed by atoms with Crippen LogP contribution in [0.2, 0.25) is 0 Å². The second-order valence-corrected chi connectivity index (χ2v) is 9.01. The van der Waals surface area contributed by atoms with Crippen LogP contribution in [0.1, 0.15) is 29.6 Å². The maximum absolute atomic E-state index is 11.3. The Balaban J connectivity index is 1.59. The van der Waals surface area contributed by atoms with Crippen LogP contribution in [-0.2, 0) is 13.0 Å². The molecule has 0 atom stereocenters. The van der Waals surface area contributed by atoms with E-state index in [0.717, 1.165) is 55.7 Å². The van der Waals surface area contributed by atoms with E-state index in [1.54, 1.807) is 12.1 Å². The van der Waals surface area contributed by atoms with Crippen molar-refractivity contribution < 1.29 is 13.9 Å². The predicted molar refractivity (Wildman–Crippen MR) is 135 cm³/mol. The second kappa shape index (κ2) is 8.61. The zero-order chi connectivity index (χ0) is 24.0. The first-order chi connectivity index (χ1) is 16.4. The maximum Gasteiger partial charge on any atom is 0.409 e. The van der Waals surface area contributed by atoms with Crippen molar-refractivity contribution in [3.8, 4) is 17.1 Å². The summed E-state index contributed by atoms with van der Waals surface area (Å²) in [5, 5.41) is 0.921. The van der Waals surface area contributed by atoms with Crippen LogP contribution >= 0.6 is 15.9 Å². The number of nitrogens with zero attached hydrogens (tertiary/aromatic N) is 3. The fraction of sp³-hybridized carbons (Fsp3) is 0.192. The molecule has 34 heavy (non-hydrogen) atoms. The molecular formula is C26H23BrN4O3. The standard InChI is InChI=1S/C26H23BrN4O3/c1-4-21-30-23-14(2)11-15(3)29-25(23)31(21)13-16-9-10-20-18(12-16)22(27)24(33-20)17-7-5-6-8-19(17)34-26(28)32/h5-12H,4,13H2,1-3H3,(H2,28,32). The number of benzene rings is 2. The van der Waals surface area contributed by atoms with Gasteiger partial charge in [0.15, 0.2) is 11.4 Å². The van der Waals surface area contributed by atoms with E-state index in [1.165, 1.54) is 0 Å². The zero-order valence-electron chi connectivity index (χ0n) is 19.1. The summed E-state index contributed by atoms with van der Waals surface area (Å²) in [6, 6.07) is 15.3. The lowest BCUT2D eigenvalue weighted by atomic mass is 10.1. The van der Waals surface area contributed by atoms with Gasteiger partial charge >= 0.3 is 6.09 Å². The van der Waals surface area contributed by atoms with Gasteiger partial charge in [-0.3, -0.25) is 0 Å². The molecule has 0 radical (unpaired) electrons. The molecule has 8 heteroatoms. The molecule has 0 unspecified atom stereocenters. The highest BCUT2D eigenvalue weighted by atomic mass is 79.9. The molecule has 0 aliphatic heterocycles. The normalized spacial score (nSPS) is 11.4. The minimum Gasteiger partial charge on any atom is -0.455 e. The SMILES string of the molecule is CCc1nc2c(C)cc(C)nc2n1Cc1ccc2oc(-c3ccccc3OC(N)=O)c(Br)c2c1. The lowest BCUT2D eigenvalue weighted by Crippen LogP contribution is -2.16. The van der Waals surface area contributed by atoms with Gasteiger partial charge in [-0.1, -0.05) is 25.1 Å². The Hall–Kier alpha value is -3.65. The number of carbonyl (C=O) groups excluding carboxylic acids is 1. The average molecular weight is 519 g/mol. The van der Waals surface area contributed by atoms with Crippen molar-refractivity contribution in [2.75, 3.05) is 0 Å². The quantitative estimate of drug-likeness (QED) is 0.294. The summed E-state index contributed by atoms with van der Waals surface area (Å²) < 4.78 is 14.3. The van der Waals surface area contributed by atoms with Crippen molar-refractivity contribution in [3.05, 3.63) is 75.6 Å². The molecule has 1 amide bonds. The number of amides is 1. The average Bonchev–Trinajstić information content (AvgIpc) is 3.31. The van der Waals surface area contributed by atoms with Gasteiger partial charge in [-0.05, 0) is 71.2 Å². The molecule has 5 rings (SSSR count). The van der Waals surface area contributed by atoms with E-state index in [-0.39, 0.29) is 0 Å². The monoisotopic (exact) mass is 518 g/mol. The van der Waals surface area contributed by atoms with Crippen LogP contribution < -0.4 is 10.5 Å². The summed E-state index contributed by atoms with van der Waals surface area (Å²) in [7, 11) is 0. The minimum atomic E-state index is -0.875. The summed E-state index contributed by atoms with van der Waals surface area (Å²) in [5.74, 6) is 1.91. The van der Waals surface area contributed by atoms with E-state index in [0.29, 0.717) is 23.6 Å². The second-order valence-electron chi connectivity index (χ2n) is 8.21. The molecule has 0 saturated carbocycles. The molecule has 172 valence electrons. The van der Waals surface area contributed by atoms with Crippen molar-refractivity contribution in [2.45, 2.75) is 33.7 Å². The summed E-state index contributed by atoms with van der Waals surface area (Å²) in [4.78, 5) is 21.0. The number of pyridine rings is 1. The summed E-state index contributed by atoms with van der Waals surface area (Å²) in [5.41, 5.74) is 11.6. The molecule has 7 nitrogen and oxygen atoms in total. The van der Waals surface area contributed by atoms with Crippen molar-refractivity contribution >= 4 is 44.2 Å². The maximum atomic E-state index is 11.3. The fourth-order valence-corrected chi connectivity index (χ4v) is 4.91. The smallest absolute Gasteiger partial charge is 0.409 e. The number of imidazole rings is 1. The number of hydrogen-bond acceptors (Lipinski definition) is 5. The Morgan fingerprint density at radius 2 is 1.94 bits per heavy atom. The van der Waals surface area contributed by atoms with Crippen molar-refractivity contribution in [1.82, 2.24) is 14.5 Å². The number of aromatic nitrogens is 3. The van der Waals surface area contributed by atoms with E-state index >= 15 is 0 Å². The first-order valence-electron chi connectivity index (χ1n) is 11.0. The van der Waals surface area contributed by atoms with E-state index in [2.05, 4.69) is 46.5 Å². The number of furan rings is 1. The summed E-state index contributed by atoms with van der Waals surface area (Å²) in [6.45, 7) is 6.82. The van der Waals surface area contributed by atoms with Gasteiger partial charge in [0, 0.05) is 17.5 Å². The van der Waals surface area contributed by atoms with E-state index in [9.17, 15) is 4.79 Å². The van der Waals surface area contributed by atoms with Crippen LogP contribution in [0, 0.1) is 13.8 Å². The number of primary amides is 1. The van der Waals surface area contributed by atoms with Gasteiger partial charge in [0.1, 0.15) is 22.7 Å².